The summed E-state index contributed by atoms with van der Waals surface area (Å²) < 4.78 is 0. The zero-order chi connectivity index (χ0) is 40.3. The minimum Gasteiger partial charge on any atom is -0.228 e. The molecule has 0 saturated heterocycles. The molecule has 0 aliphatic heterocycles. The van der Waals surface area contributed by atoms with E-state index in [9.17, 15) is 5.26 Å². The number of hydrogen-bond acceptors (Lipinski definition) is 5. The van der Waals surface area contributed by atoms with Crippen LogP contribution in [0.15, 0.2) is 212 Å². The van der Waals surface area contributed by atoms with Crippen LogP contribution in [0.5, 0.6) is 0 Å². The highest BCUT2D eigenvalue weighted by molar-refractivity contribution is 5.94. The summed E-state index contributed by atoms with van der Waals surface area (Å²) in [5, 5.41) is 10.6. The van der Waals surface area contributed by atoms with Crippen molar-refractivity contribution in [2.24, 2.45) is 0 Å². The van der Waals surface area contributed by atoms with Gasteiger partial charge in [0, 0.05) is 33.2 Å². The third-order valence-electron chi connectivity index (χ3n) is 10.7. The highest BCUT2D eigenvalue weighted by Gasteiger charge is 2.16. The molecular formula is C55H35N5. The summed E-state index contributed by atoms with van der Waals surface area (Å²) in [4.78, 5) is 20.4. The molecule has 0 spiro atoms. The van der Waals surface area contributed by atoms with Gasteiger partial charge in [0.15, 0.2) is 11.6 Å². The average molecular weight is 766 g/mol. The van der Waals surface area contributed by atoms with E-state index >= 15 is 0 Å². The van der Waals surface area contributed by atoms with Crippen LogP contribution in [0.25, 0.3) is 101 Å². The normalized spacial score (nSPS) is 11.0. The van der Waals surface area contributed by atoms with Gasteiger partial charge in [0.1, 0.15) is 0 Å². The lowest BCUT2D eigenvalue weighted by atomic mass is 9.94. The zero-order valence-corrected chi connectivity index (χ0v) is 32.4. The average Bonchev–Trinajstić information content (AvgIpc) is 3.34. The molecule has 0 aliphatic rings. The Morgan fingerprint density at radius 3 is 1.60 bits per heavy atom. The number of aromatic nitrogens is 4. The van der Waals surface area contributed by atoms with Crippen molar-refractivity contribution >= 4 is 10.9 Å². The highest BCUT2D eigenvalue weighted by Crippen LogP contribution is 2.37. The molecule has 0 fully saturated rings. The van der Waals surface area contributed by atoms with Crippen LogP contribution in [-0.4, -0.2) is 19.9 Å². The third kappa shape index (κ3) is 7.22. The zero-order valence-electron chi connectivity index (χ0n) is 32.4. The van der Waals surface area contributed by atoms with E-state index < -0.39 is 0 Å². The molecule has 0 unspecified atom stereocenters. The Balaban J connectivity index is 1.03. The highest BCUT2D eigenvalue weighted by atomic mass is 14.9. The number of nitrogens with zero attached hydrogens (tertiary/aromatic N) is 5. The SMILES string of the molecule is N#Cc1cccc(-c2cccc(-c3cc(-c4ccccc4)nc(-c4ccccc4-c4cccc(-c5ccc(-c6nc(-c7ccccc7)nc7ccccc67)cc5)c4)n3)c2)c1. The van der Waals surface area contributed by atoms with Gasteiger partial charge in [0.25, 0.3) is 0 Å². The van der Waals surface area contributed by atoms with Crippen LogP contribution in [0.4, 0.5) is 0 Å². The van der Waals surface area contributed by atoms with Crippen LogP contribution in [0.2, 0.25) is 0 Å². The largest absolute Gasteiger partial charge is 0.228 e. The molecule has 2 heterocycles. The van der Waals surface area contributed by atoms with E-state index in [2.05, 4.69) is 115 Å². The third-order valence-corrected chi connectivity index (χ3v) is 10.7. The molecule has 5 heteroatoms. The second-order valence-electron chi connectivity index (χ2n) is 14.6. The van der Waals surface area contributed by atoms with Crippen LogP contribution in [0.3, 0.4) is 0 Å². The Morgan fingerprint density at radius 2 is 0.850 bits per heavy atom. The maximum atomic E-state index is 9.54. The van der Waals surface area contributed by atoms with E-state index in [1.54, 1.807) is 0 Å². The van der Waals surface area contributed by atoms with Crippen molar-refractivity contribution in [3.05, 3.63) is 218 Å². The van der Waals surface area contributed by atoms with Gasteiger partial charge in [-0.2, -0.15) is 5.26 Å². The van der Waals surface area contributed by atoms with Crippen LogP contribution in [-0.2, 0) is 0 Å². The van der Waals surface area contributed by atoms with Crippen LogP contribution >= 0.6 is 0 Å². The first-order valence-electron chi connectivity index (χ1n) is 19.9. The van der Waals surface area contributed by atoms with Gasteiger partial charge in [-0.15, -0.1) is 0 Å². The van der Waals surface area contributed by atoms with E-state index in [1.807, 2.05) is 103 Å². The van der Waals surface area contributed by atoms with Gasteiger partial charge in [0.05, 0.1) is 34.2 Å². The first kappa shape index (κ1) is 36.0. The fourth-order valence-electron chi connectivity index (χ4n) is 7.73. The van der Waals surface area contributed by atoms with E-state index in [0.717, 1.165) is 89.2 Å². The first-order chi connectivity index (χ1) is 29.7. The van der Waals surface area contributed by atoms with Gasteiger partial charge >= 0.3 is 0 Å². The summed E-state index contributed by atoms with van der Waals surface area (Å²) in [6.45, 7) is 0. The molecule has 0 bridgehead atoms. The molecule has 10 aromatic rings. The quantitative estimate of drug-likeness (QED) is 0.154. The number of para-hydroxylation sites is 1. The molecule has 280 valence electrons. The van der Waals surface area contributed by atoms with Gasteiger partial charge in [-0.05, 0) is 69.8 Å². The lowest BCUT2D eigenvalue weighted by Crippen LogP contribution is -1.97. The van der Waals surface area contributed by atoms with Crippen molar-refractivity contribution in [1.82, 2.24) is 19.9 Å². The van der Waals surface area contributed by atoms with Crippen LogP contribution < -0.4 is 0 Å². The molecule has 0 radical (unpaired) electrons. The van der Waals surface area contributed by atoms with E-state index in [-0.39, 0.29) is 0 Å². The number of fused-ring (bicyclic) bond motifs is 1. The summed E-state index contributed by atoms with van der Waals surface area (Å²) >= 11 is 0. The van der Waals surface area contributed by atoms with Gasteiger partial charge in [-0.3, -0.25) is 0 Å². The minimum atomic E-state index is 0.625. The lowest BCUT2D eigenvalue weighted by molar-refractivity contribution is 1.18. The molecule has 0 saturated carbocycles. The molecule has 0 atom stereocenters. The number of benzene rings is 8. The molecule has 5 nitrogen and oxygen atoms in total. The monoisotopic (exact) mass is 765 g/mol. The molecule has 0 amide bonds. The Labute approximate surface area is 348 Å². The fraction of sp³-hybridized carbons (Fsp3) is 0. The number of nitriles is 1. The molecule has 60 heavy (non-hydrogen) atoms. The van der Waals surface area contributed by atoms with Crippen molar-refractivity contribution in [1.29, 1.82) is 5.26 Å². The second-order valence-corrected chi connectivity index (χ2v) is 14.6. The van der Waals surface area contributed by atoms with E-state index in [0.29, 0.717) is 17.2 Å². The summed E-state index contributed by atoms with van der Waals surface area (Å²) in [6, 6.07) is 74.5. The molecular weight excluding hydrogens is 731 g/mol. The summed E-state index contributed by atoms with van der Waals surface area (Å²) in [5.74, 6) is 1.35. The van der Waals surface area contributed by atoms with Gasteiger partial charge in [0.2, 0.25) is 0 Å². The molecule has 10 rings (SSSR count). The predicted molar refractivity (Wildman–Crippen MR) is 243 cm³/mol. The van der Waals surface area contributed by atoms with Crippen LogP contribution in [0, 0.1) is 11.3 Å². The topological polar surface area (TPSA) is 75.3 Å². The summed E-state index contributed by atoms with van der Waals surface area (Å²) in [7, 11) is 0. The Morgan fingerprint density at radius 1 is 0.317 bits per heavy atom. The Hall–Kier alpha value is -8.33. The van der Waals surface area contributed by atoms with Crippen molar-refractivity contribution < 1.29 is 0 Å². The van der Waals surface area contributed by atoms with Crippen molar-refractivity contribution in [3.8, 4) is 96.0 Å². The fourth-order valence-corrected chi connectivity index (χ4v) is 7.73. The van der Waals surface area contributed by atoms with E-state index in [4.69, 9.17) is 19.9 Å². The summed E-state index contributed by atoms with van der Waals surface area (Å²) in [6.07, 6.45) is 0. The molecule has 0 N–H and O–H groups in total. The van der Waals surface area contributed by atoms with E-state index in [1.165, 1.54) is 0 Å². The van der Waals surface area contributed by atoms with Crippen LogP contribution in [0.1, 0.15) is 5.56 Å². The Kier molecular flexibility index (Phi) is 9.55. The minimum absolute atomic E-state index is 0.625. The van der Waals surface area contributed by atoms with Gasteiger partial charge < -0.3 is 0 Å². The van der Waals surface area contributed by atoms with Crippen molar-refractivity contribution in [2.45, 2.75) is 0 Å². The standard InChI is InChI=1S/C55H35N5/c56-36-37-14-11-19-42(32-37)44-21-13-23-46(34-44)52-35-51(39-15-3-1-4-16-39)58-55(59-52)48-25-8-7-24-47(48)45-22-12-20-43(33-45)38-28-30-40(31-29-38)53-49-26-9-10-27-50(49)57-54(60-53)41-17-5-2-6-18-41/h1-35H. The van der Waals surface area contributed by atoms with Gasteiger partial charge in [-0.25, -0.2) is 19.9 Å². The maximum absolute atomic E-state index is 9.54. The summed E-state index contributed by atoms with van der Waals surface area (Å²) in [5.41, 5.74) is 15.3. The van der Waals surface area contributed by atoms with Gasteiger partial charge in [-0.1, -0.05) is 176 Å². The van der Waals surface area contributed by atoms with Crippen molar-refractivity contribution in [3.63, 3.8) is 0 Å². The number of rotatable bonds is 8. The van der Waals surface area contributed by atoms with Crippen molar-refractivity contribution in [2.75, 3.05) is 0 Å². The maximum Gasteiger partial charge on any atom is 0.161 e. The second kappa shape index (κ2) is 15.9. The molecule has 8 aromatic carbocycles. The number of hydrogen-bond donors (Lipinski definition) is 0. The Bertz CT molecular complexity index is 3210. The smallest absolute Gasteiger partial charge is 0.161 e. The molecule has 0 aliphatic carbocycles. The first-order valence-corrected chi connectivity index (χ1v) is 19.9. The molecule has 2 aromatic heterocycles. The predicted octanol–water partition coefficient (Wildman–Crippen LogP) is 13.6. The lowest BCUT2D eigenvalue weighted by Gasteiger charge is -2.14.